The third-order valence-electron chi connectivity index (χ3n) is 3.80. The molecule has 3 rings (SSSR count). The average molecular weight is 284 g/mol. The average Bonchev–Trinajstić information content (AvgIpc) is 3.10. The maximum absolute atomic E-state index is 11.8. The van der Waals surface area contributed by atoms with Gasteiger partial charge >= 0.3 is 0 Å². The van der Waals surface area contributed by atoms with Gasteiger partial charge in [-0.15, -0.1) is 0 Å². The minimum absolute atomic E-state index is 0.137. The SMILES string of the molecule is CN1Cc2ccnn2[C@@H](CCNS(=O)(=O)C2CC2)C1. The highest BCUT2D eigenvalue weighted by Crippen LogP contribution is 2.27. The molecule has 0 aromatic carbocycles. The number of fused-ring (bicyclic) bond motifs is 1. The van der Waals surface area contributed by atoms with Crippen molar-refractivity contribution < 1.29 is 8.42 Å². The largest absolute Gasteiger partial charge is 0.298 e. The summed E-state index contributed by atoms with van der Waals surface area (Å²) in [6.45, 7) is 2.32. The first-order valence-electron chi connectivity index (χ1n) is 6.75. The Balaban J connectivity index is 1.59. The molecule has 0 bridgehead atoms. The van der Waals surface area contributed by atoms with E-state index < -0.39 is 10.0 Å². The van der Waals surface area contributed by atoms with E-state index >= 15 is 0 Å². The van der Waals surface area contributed by atoms with Crippen LogP contribution in [0.5, 0.6) is 0 Å². The highest BCUT2D eigenvalue weighted by molar-refractivity contribution is 7.90. The lowest BCUT2D eigenvalue weighted by Crippen LogP contribution is -2.37. The van der Waals surface area contributed by atoms with Gasteiger partial charge in [-0.05, 0) is 32.4 Å². The van der Waals surface area contributed by atoms with Gasteiger partial charge in [0.2, 0.25) is 10.0 Å². The summed E-state index contributed by atoms with van der Waals surface area (Å²) in [7, 11) is -0.977. The van der Waals surface area contributed by atoms with Gasteiger partial charge in [0.25, 0.3) is 0 Å². The molecule has 1 atom stereocenters. The molecule has 0 amide bonds. The summed E-state index contributed by atoms with van der Waals surface area (Å²) in [5, 5.41) is 4.21. The standard InChI is InChI=1S/C12H20N4O2S/c1-15-8-10-4-6-13-16(10)11(9-15)5-7-14-19(17,18)12-2-3-12/h4,6,11-12,14H,2-3,5,7-9H2,1H3/t11-/m0/s1. The van der Waals surface area contributed by atoms with Crippen molar-refractivity contribution in [3.05, 3.63) is 18.0 Å². The molecule has 1 fully saturated rings. The van der Waals surface area contributed by atoms with Crippen LogP contribution in [0.15, 0.2) is 12.3 Å². The second-order valence-electron chi connectivity index (χ2n) is 5.55. The van der Waals surface area contributed by atoms with E-state index in [-0.39, 0.29) is 11.3 Å². The third kappa shape index (κ3) is 2.82. The molecular formula is C12H20N4O2S. The summed E-state index contributed by atoms with van der Waals surface area (Å²) in [5.74, 6) is 0. The normalized spacial score (nSPS) is 24.4. The number of nitrogens with zero attached hydrogens (tertiary/aromatic N) is 3. The molecule has 106 valence electrons. The molecule has 1 aliphatic carbocycles. The van der Waals surface area contributed by atoms with E-state index in [4.69, 9.17) is 0 Å². The maximum Gasteiger partial charge on any atom is 0.214 e. The van der Waals surface area contributed by atoms with Crippen LogP contribution in [-0.4, -0.2) is 48.5 Å². The fraction of sp³-hybridized carbons (Fsp3) is 0.750. The first-order chi connectivity index (χ1) is 9.06. The van der Waals surface area contributed by atoms with Crippen molar-refractivity contribution >= 4 is 10.0 Å². The first-order valence-corrected chi connectivity index (χ1v) is 8.30. The Morgan fingerprint density at radius 3 is 3.00 bits per heavy atom. The van der Waals surface area contributed by atoms with Crippen molar-refractivity contribution in [3.8, 4) is 0 Å². The summed E-state index contributed by atoms with van der Waals surface area (Å²) in [6, 6.07) is 2.28. The van der Waals surface area contributed by atoms with E-state index in [9.17, 15) is 8.42 Å². The quantitative estimate of drug-likeness (QED) is 0.847. The molecule has 0 saturated heterocycles. The van der Waals surface area contributed by atoms with Crippen LogP contribution < -0.4 is 4.72 Å². The number of likely N-dealkylation sites (N-methyl/N-ethyl adjacent to an activating group) is 1. The second kappa shape index (κ2) is 4.88. The number of nitrogens with one attached hydrogen (secondary N) is 1. The van der Waals surface area contributed by atoms with Crippen LogP contribution in [0.1, 0.15) is 31.0 Å². The monoisotopic (exact) mass is 284 g/mol. The van der Waals surface area contributed by atoms with E-state index in [2.05, 4.69) is 21.8 Å². The lowest BCUT2D eigenvalue weighted by atomic mass is 10.1. The highest BCUT2D eigenvalue weighted by Gasteiger charge is 2.35. The summed E-state index contributed by atoms with van der Waals surface area (Å²) in [6.07, 6.45) is 4.22. The zero-order valence-corrected chi connectivity index (χ0v) is 11.9. The minimum Gasteiger partial charge on any atom is -0.298 e. The van der Waals surface area contributed by atoms with Crippen LogP contribution in [-0.2, 0) is 16.6 Å². The van der Waals surface area contributed by atoms with Crippen LogP contribution in [0.2, 0.25) is 0 Å². The summed E-state index contributed by atoms with van der Waals surface area (Å²) in [5.41, 5.74) is 1.20. The van der Waals surface area contributed by atoms with Gasteiger partial charge in [-0.3, -0.25) is 9.58 Å². The smallest absolute Gasteiger partial charge is 0.214 e. The van der Waals surface area contributed by atoms with Crippen LogP contribution in [0, 0.1) is 0 Å². The van der Waals surface area contributed by atoms with Crippen LogP contribution >= 0.6 is 0 Å². The summed E-state index contributed by atoms with van der Waals surface area (Å²) in [4.78, 5) is 2.25. The number of aromatic nitrogens is 2. The van der Waals surface area contributed by atoms with Crippen LogP contribution in [0.25, 0.3) is 0 Å². The van der Waals surface area contributed by atoms with Crippen molar-refractivity contribution in [2.45, 2.75) is 37.1 Å². The van der Waals surface area contributed by atoms with Gasteiger partial charge in [0.15, 0.2) is 0 Å². The Morgan fingerprint density at radius 1 is 1.47 bits per heavy atom. The summed E-state index contributed by atoms with van der Waals surface area (Å²) < 4.78 is 28.3. The lowest BCUT2D eigenvalue weighted by molar-refractivity contribution is 0.203. The first kappa shape index (κ1) is 13.1. The van der Waals surface area contributed by atoms with Crippen molar-refractivity contribution in [2.75, 3.05) is 20.1 Å². The van der Waals surface area contributed by atoms with E-state index in [1.54, 1.807) is 0 Å². The van der Waals surface area contributed by atoms with Gasteiger partial charge in [0, 0.05) is 25.8 Å². The molecular weight excluding hydrogens is 264 g/mol. The zero-order valence-electron chi connectivity index (χ0n) is 11.1. The van der Waals surface area contributed by atoms with Gasteiger partial charge in [-0.25, -0.2) is 13.1 Å². The molecule has 2 heterocycles. The fourth-order valence-electron chi connectivity index (χ4n) is 2.65. The molecule has 0 spiro atoms. The third-order valence-corrected chi connectivity index (χ3v) is 5.75. The molecule has 1 aromatic rings. The van der Waals surface area contributed by atoms with E-state index in [0.29, 0.717) is 6.54 Å². The highest BCUT2D eigenvalue weighted by atomic mass is 32.2. The van der Waals surface area contributed by atoms with Crippen LogP contribution in [0.4, 0.5) is 0 Å². The molecule has 1 aromatic heterocycles. The molecule has 1 N–H and O–H groups in total. The number of rotatable bonds is 5. The minimum atomic E-state index is -3.06. The molecule has 7 heteroatoms. The van der Waals surface area contributed by atoms with Crippen molar-refractivity contribution in [1.82, 2.24) is 19.4 Å². The van der Waals surface area contributed by atoms with Gasteiger partial charge < -0.3 is 0 Å². The maximum atomic E-state index is 11.8. The Morgan fingerprint density at radius 2 is 2.26 bits per heavy atom. The van der Waals surface area contributed by atoms with Gasteiger partial charge in [-0.2, -0.15) is 5.10 Å². The van der Waals surface area contributed by atoms with Crippen molar-refractivity contribution in [1.29, 1.82) is 0 Å². The van der Waals surface area contributed by atoms with E-state index in [0.717, 1.165) is 32.4 Å². The van der Waals surface area contributed by atoms with Gasteiger partial charge in [0.05, 0.1) is 17.0 Å². The fourth-order valence-corrected chi connectivity index (χ4v) is 4.05. The molecule has 1 saturated carbocycles. The molecule has 2 aliphatic rings. The number of hydrogen-bond acceptors (Lipinski definition) is 4. The topological polar surface area (TPSA) is 67.2 Å². The Labute approximate surface area is 113 Å². The van der Waals surface area contributed by atoms with Crippen molar-refractivity contribution in [2.24, 2.45) is 0 Å². The number of sulfonamides is 1. The summed E-state index contributed by atoms with van der Waals surface area (Å²) >= 11 is 0. The lowest BCUT2D eigenvalue weighted by Gasteiger charge is -2.31. The molecule has 0 unspecified atom stereocenters. The Bertz CT molecular complexity index is 550. The zero-order chi connectivity index (χ0) is 13.5. The second-order valence-corrected chi connectivity index (χ2v) is 7.59. The molecule has 1 aliphatic heterocycles. The van der Waals surface area contributed by atoms with E-state index in [1.807, 2.05) is 16.9 Å². The molecule has 0 radical (unpaired) electrons. The van der Waals surface area contributed by atoms with Gasteiger partial charge in [-0.1, -0.05) is 0 Å². The predicted octanol–water partition coefficient (Wildman–Crippen LogP) is 0.341. The van der Waals surface area contributed by atoms with Crippen molar-refractivity contribution in [3.63, 3.8) is 0 Å². The Hall–Kier alpha value is -0.920. The molecule has 6 nitrogen and oxygen atoms in total. The van der Waals surface area contributed by atoms with Crippen LogP contribution in [0.3, 0.4) is 0 Å². The predicted molar refractivity (Wildman–Crippen MR) is 72.2 cm³/mol. The molecule has 19 heavy (non-hydrogen) atoms. The van der Waals surface area contributed by atoms with Gasteiger partial charge in [0.1, 0.15) is 0 Å². The number of hydrogen-bond donors (Lipinski definition) is 1. The Kier molecular flexibility index (Phi) is 3.36. The van der Waals surface area contributed by atoms with E-state index in [1.165, 1.54) is 5.69 Å².